The number of nitrogens with zero attached hydrogens (tertiary/aromatic N) is 1. The fraction of sp³-hybridized carbons (Fsp3) is 0.385. The number of halogens is 1. The highest BCUT2D eigenvalue weighted by molar-refractivity contribution is 7.07. The first-order valence-corrected chi connectivity index (χ1v) is 48.7. The molecular formula is C122H161ClN2OS. The van der Waals surface area contributed by atoms with Crippen molar-refractivity contribution in [2.24, 2.45) is 29.6 Å². The summed E-state index contributed by atoms with van der Waals surface area (Å²) < 4.78 is 5.72. The van der Waals surface area contributed by atoms with Crippen LogP contribution in [0.25, 0.3) is 22.4 Å². The minimum atomic E-state index is 0.533. The van der Waals surface area contributed by atoms with Gasteiger partial charge in [0.05, 0.1) is 16.9 Å². The first kappa shape index (κ1) is 108. The molecule has 12 aromatic carbocycles. The van der Waals surface area contributed by atoms with Gasteiger partial charge >= 0.3 is 0 Å². The third kappa shape index (κ3) is 45.6. The number of nitrogens with two attached hydrogens (primary N) is 1. The lowest BCUT2D eigenvalue weighted by molar-refractivity contribution is 0.443. The number of rotatable bonds is 20. The highest BCUT2D eigenvalue weighted by Gasteiger charge is 2.16. The van der Waals surface area contributed by atoms with Crippen LogP contribution in [0.3, 0.4) is 0 Å². The summed E-state index contributed by atoms with van der Waals surface area (Å²) in [7, 11) is 0. The number of nitrogen functional groups attached to an aromatic ring is 1. The summed E-state index contributed by atoms with van der Waals surface area (Å²) in [6.07, 6.45) is 13.0. The van der Waals surface area contributed by atoms with Gasteiger partial charge < -0.3 is 10.5 Å². The van der Waals surface area contributed by atoms with Gasteiger partial charge in [-0.05, 0) is 260 Å². The number of anilines is 1. The van der Waals surface area contributed by atoms with Crippen molar-refractivity contribution < 1.29 is 4.74 Å². The van der Waals surface area contributed by atoms with Crippen molar-refractivity contribution in [3.05, 3.63) is 402 Å². The van der Waals surface area contributed by atoms with Crippen molar-refractivity contribution >= 4 is 28.6 Å². The third-order valence-electron chi connectivity index (χ3n) is 21.9. The zero-order chi connectivity index (χ0) is 93.3. The second kappa shape index (κ2) is 59.3. The van der Waals surface area contributed by atoms with E-state index in [-0.39, 0.29) is 0 Å². The van der Waals surface area contributed by atoms with Crippen molar-refractivity contribution in [1.29, 1.82) is 0 Å². The molecule has 1 fully saturated rings. The number of thiazole rings is 1. The molecule has 14 rings (SSSR count). The van der Waals surface area contributed by atoms with Gasteiger partial charge in [-0.15, -0.1) is 11.3 Å². The van der Waals surface area contributed by atoms with E-state index in [1.165, 1.54) is 157 Å². The molecule has 0 radical (unpaired) electrons. The fourth-order valence-corrected chi connectivity index (χ4v) is 15.1. The Kier molecular flexibility index (Phi) is 50.3. The Labute approximate surface area is 783 Å². The van der Waals surface area contributed by atoms with Crippen molar-refractivity contribution in [1.82, 2.24) is 4.98 Å². The van der Waals surface area contributed by atoms with Gasteiger partial charge in [-0.3, -0.25) is 0 Å². The van der Waals surface area contributed by atoms with Crippen LogP contribution in [0.1, 0.15) is 301 Å². The maximum Gasteiger partial charge on any atom is 0.150 e. The molecule has 1 aromatic heterocycles. The van der Waals surface area contributed by atoms with Gasteiger partial charge in [0, 0.05) is 16.0 Å². The summed E-state index contributed by atoms with van der Waals surface area (Å²) in [4.78, 5) is 4.30. The highest BCUT2D eigenvalue weighted by atomic mass is 35.5. The molecule has 3 nitrogen and oxygen atoms in total. The van der Waals surface area contributed by atoms with Crippen LogP contribution >= 0.6 is 22.9 Å². The molecule has 5 heteroatoms. The second-order valence-electron chi connectivity index (χ2n) is 38.4. The average molecular weight is 1740 g/mol. The van der Waals surface area contributed by atoms with E-state index in [0.717, 1.165) is 64.8 Å². The Morgan fingerprint density at radius 2 is 0.646 bits per heavy atom. The van der Waals surface area contributed by atoms with Gasteiger partial charge in [0.1, 0.15) is 11.5 Å². The number of aromatic nitrogens is 1. The van der Waals surface area contributed by atoms with Crippen LogP contribution in [0.4, 0.5) is 5.69 Å². The van der Waals surface area contributed by atoms with E-state index < -0.39 is 0 Å². The molecule has 1 aliphatic rings. The van der Waals surface area contributed by atoms with Gasteiger partial charge in [0.15, 0.2) is 0 Å². The molecule has 0 unspecified atom stereocenters. The molecule has 0 saturated heterocycles. The zero-order valence-corrected chi connectivity index (χ0v) is 84.6. The van der Waals surface area contributed by atoms with E-state index in [0.29, 0.717) is 41.0 Å². The van der Waals surface area contributed by atoms with E-state index >= 15 is 0 Å². The van der Waals surface area contributed by atoms with Gasteiger partial charge in [-0.2, -0.15) is 0 Å². The monoisotopic (exact) mass is 1740 g/mol. The predicted octanol–water partition coefficient (Wildman–Crippen LogP) is 37.2. The molecule has 0 bridgehead atoms. The van der Waals surface area contributed by atoms with E-state index in [1.54, 1.807) is 16.9 Å². The first-order chi connectivity index (χ1) is 60.5. The summed E-state index contributed by atoms with van der Waals surface area (Å²) in [6, 6.07) is 103. The molecule has 0 aliphatic heterocycles. The maximum absolute atomic E-state index is 5.82. The van der Waals surface area contributed by atoms with Crippen molar-refractivity contribution in [2.75, 3.05) is 5.73 Å². The zero-order valence-electron chi connectivity index (χ0n) is 83.0. The molecule has 1 heterocycles. The largest absolute Gasteiger partial charge is 0.455 e. The van der Waals surface area contributed by atoms with Gasteiger partial charge in [-0.25, -0.2) is 4.98 Å². The number of ether oxygens (including phenoxy) is 1. The number of para-hydroxylation sites is 2. The van der Waals surface area contributed by atoms with Gasteiger partial charge in [0.25, 0.3) is 0 Å². The molecule has 0 atom stereocenters. The van der Waals surface area contributed by atoms with Crippen LogP contribution in [0.2, 0.25) is 5.02 Å². The highest BCUT2D eigenvalue weighted by Crippen LogP contribution is 2.34. The first-order valence-electron chi connectivity index (χ1n) is 47.4. The molecular weight excluding hydrogens is 1580 g/mol. The predicted molar refractivity (Wildman–Crippen MR) is 564 cm³/mol. The normalized spacial score (nSPS) is 11.5. The Morgan fingerprint density at radius 3 is 1.01 bits per heavy atom. The number of hydrogen-bond acceptors (Lipinski definition) is 4. The molecule has 127 heavy (non-hydrogen) atoms. The van der Waals surface area contributed by atoms with Gasteiger partial charge in [0.2, 0.25) is 0 Å². The number of benzene rings is 12. The van der Waals surface area contributed by atoms with Crippen LogP contribution in [-0.2, 0) is 32.1 Å². The Morgan fingerprint density at radius 1 is 0.315 bits per heavy atom. The standard InChI is InChI=1S/C16H18.C15H17NO.C15H22.C13H15NS.3C11H16.C10H13Cl.2C10H14/c1-12(2)14-7-9-15(10-8-14)16-6-4-5-13(3)11-16;1-11(2)12-7-9-13(10-8-12)17-15-6-4-3-5-14(15)16;1-12(2)13-8-10-15(11-9-13)14-6-4-3-5-7-14;1-10(2)7-11-3-5-12(6-4-11)13-8-15-9-14-13;2*1-9(2)8-11-6-4-10(3)5-7-11;1-9(2)7-11-6-4-5-10(3)8-11;1-8(2)7-9-3-5-10(11)6-4-9;2*1-8(2)10-6-4-9(3)5-7-10/h4-12H,1-3H3;3-11H,16H2,1-2H3;8-12,14H,3-7H2,1-2H3;3-6,8-10H,7H2,1-2H3;2*4-7,9H,8H2,1-3H3;4-6,8-9H,7H2,1-3H3;3-6,8H,7H2,1-2H3;2*4-8H,1-3H3. The summed E-state index contributed by atoms with van der Waals surface area (Å²) in [5.74, 6) is 9.18. The third-order valence-corrected chi connectivity index (χ3v) is 22.8. The minimum Gasteiger partial charge on any atom is -0.455 e. The van der Waals surface area contributed by atoms with E-state index in [2.05, 4.69) is 433 Å². The topological polar surface area (TPSA) is 48.1 Å². The molecule has 1 aliphatic carbocycles. The SMILES string of the molecule is CC(C)Cc1ccc(-c2cscn2)cc1.CC(C)Cc1ccc(Cl)cc1.CC(C)c1ccc(C2CCCCC2)cc1.CC(C)c1ccc(Oc2ccccc2N)cc1.Cc1ccc(C(C)C)cc1.Cc1ccc(C(C)C)cc1.Cc1ccc(CC(C)C)cc1.Cc1ccc(CC(C)C)cc1.Cc1cccc(-c2ccc(C(C)C)cc2)c1.Cc1cccc(CC(C)C)c1. The molecule has 678 valence electrons. The molecule has 0 spiro atoms. The smallest absolute Gasteiger partial charge is 0.150 e. The van der Waals surface area contributed by atoms with Crippen LogP contribution in [0.5, 0.6) is 11.5 Å². The van der Waals surface area contributed by atoms with Crippen LogP contribution in [0, 0.1) is 71.1 Å². The van der Waals surface area contributed by atoms with Crippen molar-refractivity contribution in [3.63, 3.8) is 0 Å². The quantitative estimate of drug-likeness (QED) is 0.0774. The lowest BCUT2D eigenvalue weighted by atomic mass is 9.83. The molecule has 1 saturated carbocycles. The number of hydrogen-bond donors (Lipinski definition) is 1. The summed E-state index contributed by atoms with van der Waals surface area (Å²) in [6.45, 7) is 57.3. The summed E-state index contributed by atoms with van der Waals surface area (Å²) in [5, 5.41) is 2.90. The van der Waals surface area contributed by atoms with Crippen molar-refractivity contribution in [3.8, 4) is 33.9 Å². The van der Waals surface area contributed by atoms with E-state index in [4.69, 9.17) is 22.1 Å². The fourth-order valence-electron chi connectivity index (χ4n) is 14.4. The van der Waals surface area contributed by atoms with Crippen LogP contribution < -0.4 is 10.5 Å². The molecule has 0 amide bonds. The lowest BCUT2D eigenvalue weighted by Gasteiger charge is -2.22. The summed E-state index contributed by atoms with van der Waals surface area (Å²) in [5.41, 5.74) is 37.0. The molecule has 13 aromatic rings. The van der Waals surface area contributed by atoms with E-state index in [1.807, 2.05) is 54.0 Å². The Hall–Kier alpha value is -9.84. The second-order valence-corrected chi connectivity index (χ2v) is 39.6. The minimum absolute atomic E-state index is 0.533. The van der Waals surface area contributed by atoms with Crippen LogP contribution in [0.15, 0.2) is 302 Å². The van der Waals surface area contributed by atoms with Crippen molar-refractivity contribution in [2.45, 2.75) is 280 Å². The average Bonchev–Trinajstić information content (AvgIpc) is 1.87. The van der Waals surface area contributed by atoms with Gasteiger partial charge in [-0.1, -0.05) is 458 Å². The Balaban J connectivity index is 0.000000252. The maximum atomic E-state index is 5.82. The molecule has 2 N–H and O–H groups in total. The summed E-state index contributed by atoms with van der Waals surface area (Å²) >= 11 is 7.39. The number of aryl methyl sites for hydroxylation is 6. The lowest BCUT2D eigenvalue weighted by Crippen LogP contribution is -2.04. The van der Waals surface area contributed by atoms with Crippen LogP contribution in [-0.4, -0.2) is 4.98 Å². The Bertz CT molecular complexity index is 4820. The van der Waals surface area contributed by atoms with E-state index in [9.17, 15) is 0 Å².